The molecule has 0 saturated carbocycles. The van der Waals surface area contributed by atoms with Crippen molar-refractivity contribution in [1.82, 2.24) is 19.9 Å². The number of hydrogen-bond donors (Lipinski definition) is 2. The van der Waals surface area contributed by atoms with Gasteiger partial charge in [-0.2, -0.15) is 5.10 Å². The summed E-state index contributed by atoms with van der Waals surface area (Å²) in [6.45, 7) is 0.897. The van der Waals surface area contributed by atoms with Crippen molar-refractivity contribution in [3.05, 3.63) is 155 Å². The van der Waals surface area contributed by atoms with Gasteiger partial charge in [0, 0.05) is 13.1 Å². The van der Waals surface area contributed by atoms with E-state index in [0.29, 0.717) is 37.1 Å². The van der Waals surface area contributed by atoms with Crippen LogP contribution in [0.5, 0.6) is 0 Å². The van der Waals surface area contributed by atoms with E-state index in [1.54, 1.807) is 4.90 Å². The molecule has 0 spiro atoms. The molecular formula is C34H32N4O3. The Morgan fingerprint density at radius 2 is 1.07 bits per heavy atom. The van der Waals surface area contributed by atoms with Gasteiger partial charge < -0.3 is 15.1 Å². The topological polar surface area (TPSA) is 91.5 Å². The third kappa shape index (κ3) is 4.84. The molecule has 1 aromatic heterocycles. The van der Waals surface area contributed by atoms with Crippen molar-refractivity contribution in [2.45, 2.75) is 24.0 Å². The second kappa shape index (κ2) is 11.1. The number of carbonyl (C=O) groups is 1. The molecule has 0 unspecified atom stereocenters. The predicted octanol–water partition coefficient (Wildman–Crippen LogP) is 5.18. The van der Waals surface area contributed by atoms with Gasteiger partial charge in [0.05, 0.1) is 6.20 Å². The average molecular weight is 545 g/mol. The maximum atomic E-state index is 13.5. The number of aromatic nitrogens is 3. The Bertz CT molecular complexity index is 1500. The predicted molar refractivity (Wildman–Crippen MR) is 156 cm³/mol. The zero-order chi connectivity index (χ0) is 28.3. The summed E-state index contributed by atoms with van der Waals surface area (Å²) in [5.41, 5.74) is 0.471. The van der Waals surface area contributed by atoms with E-state index < -0.39 is 11.2 Å². The van der Waals surface area contributed by atoms with Gasteiger partial charge in [0.2, 0.25) is 0 Å². The highest BCUT2D eigenvalue weighted by atomic mass is 16.3. The van der Waals surface area contributed by atoms with E-state index in [9.17, 15) is 15.0 Å². The molecule has 1 saturated heterocycles. The van der Waals surface area contributed by atoms with Crippen molar-refractivity contribution in [2.24, 2.45) is 5.92 Å². The molecule has 206 valence electrons. The number of amides is 1. The third-order valence-electron chi connectivity index (χ3n) is 8.20. The fourth-order valence-electron chi connectivity index (χ4n) is 5.98. The summed E-state index contributed by atoms with van der Waals surface area (Å²) in [5.74, 6) is -0.0845. The third-order valence-corrected chi connectivity index (χ3v) is 8.20. The molecule has 2 heterocycles. The SMILES string of the molecule is O=C(N1CCC(C(O)(c2ccccc2)c2ccccc2)CC1)n1ncc(C(O)(c2ccccc2)c2ccccc2)n1. The monoisotopic (exact) mass is 544 g/mol. The maximum Gasteiger partial charge on any atom is 0.362 e. The van der Waals surface area contributed by atoms with Gasteiger partial charge in [-0.3, -0.25) is 0 Å². The molecule has 0 aliphatic carbocycles. The zero-order valence-corrected chi connectivity index (χ0v) is 22.6. The van der Waals surface area contributed by atoms with Crippen LogP contribution in [0, 0.1) is 5.92 Å². The van der Waals surface area contributed by atoms with Crippen LogP contribution in [0.4, 0.5) is 4.79 Å². The maximum absolute atomic E-state index is 13.5. The van der Waals surface area contributed by atoms with E-state index in [4.69, 9.17) is 0 Å². The van der Waals surface area contributed by atoms with Gasteiger partial charge in [-0.05, 0) is 41.0 Å². The van der Waals surface area contributed by atoms with Crippen LogP contribution < -0.4 is 0 Å². The lowest BCUT2D eigenvalue weighted by Gasteiger charge is -2.42. The first kappa shape index (κ1) is 26.6. The lowest BCUT2D eigenvalue weighted by Crippen LogP contribution is -2.47. The van der Waals surface area contributed by atoms with E-state index in [2.05, 4.69) is 10.2 Å². The van der Waals surface area contributed by atoms with Gasteiger partial charge in [-0.25, -0.2) is 4.79 Å². The number of rotatable bonds is 6. The Kier molecular flexibility index (Phi) is 7.22. The first-order valence-corrected chi connectivity index (χ1v) is 13.9. The van der Waals surface area contributed by atoms with Crippen LogP contribution in [-0.2, 0) is 11.2 Å². The summed E-state index contributed by atoms with van der Waals surface area (Å²) in [7, 11) is 0. The minimum absolute atomic E-state index is 0.0845. The average Bonchev–Trinajstić information content (AvgIpc) is 3.56. The second-order valence-corrected chi connectivity index (χ2v) is 10.5. The number of hydrogen-bond acceptors (Lipinski definition) is 5. The van der Waals surface area contributed by atoms with E-state index >= 15 is 0 Å². The Labute approximate surface area is 239 Å². The van der Waals surface area contributed by atoms with Gasteiger partial charge in [-0.1, -0.05) is 126 Å². The van der Waals surface area contributed by atoms with Crippen molar-refractivity contribution in [2.75, 3.05) is 13.1 Å². The molecule has 7 heteroatoms. The van der Waals surface area contributed by atoms with E-state index in [1.165, 1.54) is 6.20 Å². The van der Waals surface area contributed by atoms with E-state index in [0.717, 1.165) is 15.9 Å². The summed E-state index contributed by atoms with van der Waals surface area (Å²) >= 11 is 0. The van der Waals surface area contributed by atoms with Gasteiger partial charge in [-0.15, -0.1) is 5.10 Å². The Hall–Kier alpha value is -4.59. The van der Waals surface area contributed by atoms with E-state index in [-0.39, 0.29) is 17.6 Å². The molecule has 0 bridgehead atoms. The molecule has 0 radical (unpaired) electrons. The molecule has 5 aromatic rings. The van der Waals surface area contributed by atoms with Crippen molar-refractivity contribution < 1.29 is 15.0 Å². The molecule has 1 aliphatic heterocycles. The van der Waals surface area contributed by atoms with Gasteiger partial charge >= 0.3 is 6.03 Å². The minimum Gasteiger partial charge on any atom is -0.380 e. The second-order valence-electron chi connectivity index (χ2n) is 10.5. The fourth-order valence-corrected chi connectivity index (χ4v) is 5.98. The largest absolute Gasteiger partial charge is 0.380 e. The standard InChI is InChI=1S/C34H32N4O3/c39-32(38-35-25-31(36-38)34(41,28-17-9-3-10-18-28)29-19-11-4-12-20-29)37-23-21-30(22-24-37)33(40,26-13-5-1-6-14-26)27-15-7-2-8-16-27/h1-20,25,30,40-41H,21-24H2. The van der Waals surface area contributed by atoms with Crippen molar-refractivity contribution in [3.8, 4) is 0 Å². The highest BCUT2D eigenvalue weighted by molar-refractivity contribution is 5.75. The highest BCUT2D eigenvalue weighted by Gasteiger charge is 2.43. The number of nitrogens with zero attached hydrogens (tertiary/aromatic N) is 4. The molecule has 4 aromatic carbocycles. The lowest BCUT2D eigenvalue weighted by atomic mass is 9.72. The molecule has 1 fully saturated rings. The van der Waals surface area contributed by atoms with Crippen LogP contribution >= 0.6 is 0 Å². The summed E-state index contributed by atoms with van der Waals surface area (Å²) < 4.78 is 0. The molecular weight excluding hydrogens is 512 g/mol. The number of carbonyl (C=O) groups excluding carboxylic acids is 1. The molecule has 0 atom stereocenters. The number of piperidine rings is 1. The van der Waals surface area contributed by atoms with Crippen LogP contribution in [0.1, 0.15) is 40.8 Å². The van der Waals surface area contributed by atoms with Crippen molar-refractivity contribution in [1.29, 1.82) is 0 Å². The van der Waals surface area contributed by atoms with Crippen LogP contribution in [-0.4, -0.2) is 49.2 Å². The van der Waals surface area contributed by atoms with Crippen LogP contribution in [0.25, 0.3) is 0 Å². The summed E-state index contributed by atoms with van der Waals surface area (Å²) in [6, 6.07) is 37.6. The van der Waals surface area contributed by atoms with Crippen LogP contribution in [0.2, 0.25) is 0 Å². The molecule has 1 amide bonds. The fraction of sp³-hybridized carbons (Fsp3) is 0.206. The zero-order valence-electron chi connectivity index (χ0n) is 22.6. The molecule has 2 N–H and O–H groups in total. The molecule has 1 aliphatic rings. The summed E-state index contributed by atoms with van der Waals surface area (Å²) in [6.07, 6.45) is 2.67. The van der Waals surface area contributed by atoms with Crippen molar-refractivity contribution in [3.63, 3.8) is 0 Å². The van der Waals surface area contributed by atoms with Crippen molar-refractivity contribution >= 4 is 6.03 Å². The molecule has 7 nitrogen and oxygen atoms in total. The lowest BCUT2D eigenvalue weighted by molar-refractivity contribution is -0.00947. The normalized spacial score (nSPS) is 14.6. The highest BCUT2D eigenvalue weighted by Crippen LogP contribution is 2.42. The Morgan fingerprint density at radius 1 is 0.659 bits per heavy atom. The number of likely N-dealkylation sites (tertiary alicyclic amines) is 1. The van der Waals surface area contributed by atoms with Gasteiger partial charge in [0.1, 0.15) is 11.3 Å². The first-order valence-electron chi connectivity index (χ1n) is 13.9. The summed E-state index contributed by atoms with van der Waals surface area (Å²) in [4.78, 5) is 16.3. The molecule has 41 heavy (non-hydrogen) atoms. The Morgan fingerprint density at radius 3 is 1.51 bits per heavy atom. The van der Waals surface area contributed by atoms with Crippen LogP contribution in [0.3, 0.4) is 0 Å². The quantitative estimate of drug-likeness (QED) is 0.308. The Balaban J connectivity index is 1.24. The van der Waals surface area contributed by atoms with E-state index in [1.807, 2.05) is 121 Å². The van der Waals surface area contributed by atoms with Crippen LogP contribution in [0.15, 0.2) is 128 Å². The van der Waals surface area contributed by atoms with Gasteiger partial charge in [0.15, 0.2) is 5.60 Å². The van der Waals surface area contributed by atoms with Gasteiger partial charge in [0.25, 0.3) is 0 Å². The minimum atomic E-state index is -1.57. The smallest absolute Gasteiger partial charge is 0.362 e. The molecule has 6 rings (SSSR count). The summed E-state index contributed by atoms with van der Waals surface area (Å²) in [5, 5.41) is 32.9. The number of aliphatic hydroxyl groups is 2. The first-order chi connectivity index (χ1) is 20.0. The number of benzene rings is 4.